The number of fused-ring (bicyclic) bond motifs is 2. The Hall–Kier alpha value is -2.59. The van der Waals surface area contributed by atoms with E-state index in [0.717, 1.165) is 36.8 Å². The molecule has 31 heavy (non-hydrogen) atoms. The molecule has 0 aromatic heterocycles. The average molecular weight is 420 g/mol. The van der Waals surface area contributed by atoms with Crippen molar-refractivity contribution < 1.29 is 14.6 Å². The van der Waals surface area contributed by atoms with Crippen LogP contribution in [0.3, 0.4) is 0 Å². The zero-order chi connectivity index (χ0) is 21.5. The van der Waals surface area contributed by atoms with Gasteiger partial charge in [-0.2, -0.15) is 0 Å². The van der Waals surface area contributed by atoms with E-state index < -0.39 is 5.97 Å². The van der Waals surface area contributed by atoms with E-state index in [0.29, 0.717) is 18.7 Å². The molecule has 0 aliphatic heterocycles. The van der Waals surface area contributed by atoms with E-state index in [-0.39, 0.29) is 6.42 Å². The standard InChI is InChI=1S/C27H33NO3/c29-26(30)11-7-2-1-6-10-25-22-12-13-23(18-22)27(25)28-19-31-24-16-14-21(15-17-24)20-8-4-3-5-9-20/h1,3-6,8-9,14-17,22-23,25,27-28H,2,7,10-13,18-19H2,(H,29,30)/b6-1+. The van der Waals surface area contributed by atoms with E-state index in [1.807, 2.05) is 18.2 Å². The Labute approximate surface area is 185 Å². The molecule has 4 nitrogen and oxygen atoms in total. The number of hydrogen-bond donors (Lipinski definition) is 2. The average Bonchev–Trinajstić information content (AvgIpc) is 3.39. The molecule has 4 heteroatoms. The molecule has 2 aromatic carbocycles. The molecule has 4 rings (SSSR count). The summed E-state index contributed by atoms with van der Waals surface area (Å²) in [7, 11) is 0. The minimum absolute atomic E-state index is 0.256. The van der Waals surface area contributed by atoms with Crippen LogP contribution in [0.2, 0.25) is 0 Å². The molecular weight excluding hydrogens is 386 g/mol. The smallest absolute Gasteiger partial charge is 0.303 e. The van der Waals surface area contributed by atoms with Gasteiger partial charge in [-0.15, -0.1) is 0 Å². The molecule has 2 aromatic rings. The highest BCUT2D eigenvalue weighted by Crippen LogP contribution is 2.49. The van der Waals surface area contributed by atoms with Crippen LogP contribution in [-0.4, -0.2) is 23.8 Å². The third-order valence-corrected chi connectivity index (χ3v) is 6.94. The third kappa shape index (κ3) is 5.76. The van der Waals surface area contributed by atoms with Crippen molar-refractivity contribution in [1.82, 2.24) is 5.32 Å². The Morgan fingerprint density at radius 1 is 1.00 bits per heavy atom. The number of carboxylic acid groups (broad SMARTS) is 1. The van der Waals surface area contributed by atoms with Crippen molar-refractivity contribution in [2.45, 2.75) is 51.0 Å². The van der Waals surface area contributed by atoms with Gasteiger partial charge in [0.05, 0.1) is 0 Å². The number of rotatable bonds is 11. The van der Waals surface area contributed by atoms with Gasteiger partial charge in [-0.05, 0) is 79.5 Å². The largest absolute Gasteiger partial charge is 0.481 e. The molecule has 0 amide bonds. The number of ether oxygens (including phenoxy) is 1. The lowest BCUT2D eigenvalue weighted by molar-refractivity contribution is -0.137. The highest BCUT2D eigenvalue weighted by molar-refractivity contribution is 5.66. The second kappa shape index (κ2) is 10.6. The predicted octanol–water partition coefficient (Wildman–Crippen LogP) is 5.90. The Balaban J connectivity index is 1.24. The lowest BCUT2D eigenvalue weighted by atomic mass is 9.82. The molecule has 2 saturated carbocycles. The van der Waals surface area contributed by atoms with Crippen molar-refractivity contribution in [3.8, 4) is 16.9 Å². The summed E-state index contributed by atoms with van der Waals surface area (Å²) in [5, 5.41) is 12.4. The monoisotopic (exact) mass is 419 g/mol. The summed E-state index contributed by atoms with van der Waals surface area (Å²) in [5.41, 5.74) is 2.41. The lowest BCUT2D eigenvalue weighted by Gasteiger charge is -2.31. The first kappa shape index (κ1) is 21.6. The first-order valence-electron chi connectivity index (χ1n) is 11.6. The van der Waals surface area contributed by atoms with Crippen LogP contribution in [0.25, 0.3) is 11.1 Å². The summed E-state index contributed by atoms with van der Waals surface area (Å²) >= 11 is 0. The maximum atomic E-state index is 10.6. The van der Waals surface area contributed by atoms with Gasteiger partial charge in [0.15, 0.2) is 0 Å². The van der Waals surface area contributed by atoms with Gasteiger partial charge in [-0.25, -0.2) is 0 Å². The van der Waals surface area contributed by atoms with Gasteiger partial charge in [0.2, 0.25) is 0 Å². The van der Waals surface area contributed by atoms with E-state index in [4.69, 9.17) is 9.84 Å². The molecule has 2 N–H and O–H groups in total. The lowest BCUT2D eigenvalue weighted by Crippen LogP contribution is -2.42. The van der Waals surface area contributed by atoms with E-state index in [9.17, 15) is 4.79 Å². The Morgan fingerprint density at radius 3 is 2.52 bits per heavy atom. The predicted molar refractivity (Wildman–Crippen MR) is 124 cm³/mol. The Kier molecular flexibility index (Phi) is 7.42. The van der Waals surface area contributed by atoms with E-state index in [1.54, 1.807) is 0 Å². The quantitative estimate of drug-likeness (QED) is 0.271. The Bertz CT molecular complexity index is 862. The molecule has 2 aliphatic carbocycles. The maximum absolute atomic E-state index is 10.6. The highest BCUT2D eigenvalue weighted by atomic mass is 16.5. The number of carbonyl (C=O) groups is 1. The molecular formula is C27H33NO3. The van der Waals surface area contributed by atoms with Crippen LogP contribution in [-0.2, 0) is 4.79 Å². The van der Waals surface area contributed by atoms with Gasteiger partial charge in [-0.3, -0.25) is 10.1 Å². The molecule has 0 spiro atoms. The number of benzene rings is 2. The maximum Gasteiger partial charge on any atom is 0.303 e. The summed E-state index contributed by atoms with van der Waals surface area (Å²) < 4.78 is 6.01. The Morgan fingerprint density at radius 2 is 1.74 bits per heavy atom. The number of allylic oxidation sites excluding steroid dienone is 2. The van der Waals surface area contributed by atoms with Gasteiger partial charge in [0.1, 0.15) is 12.5 Å². The fraction of sp³-hybridized carbons (Fsp3) is 0.444. The topological polar surface area (TPSA) is 58.6 Å². The number of hydrogen-bond acceptors (Lipinski definition) is 3. The molecule has 0 heterocycles. The van der Waals surface area contributed by atoms with Crippen molar-refractivity contribution in [2.24, 2.45) is 17.8 Å². The van der Waals surface area contributed by atoms with Crippen LogP contribution in [0, 0.1) is 17.8 Å². The zero-order valence-corrected chi connectivity index (χ0v) is 18.1. The van der Waals surface area contributed by atoms with Crippen LogP contribution in [0.1, 0.15) is 44.9 Å². The van der Waals surface area contributed by atoms with Gasteiger partial charge in [0.25, 0.3) is 0 Å². The van der Waals surface area contributed by atoms with Crippen LogP contribution >= 0.6 is 0 Å². The van der Waals surface area contributed by atoms with Gasteiger partial charge >= 0.3 is 5.97 Å². The van der Waals surface area contributed by atoms with Crippen LogP contribution in [0.15, 0.2) is 66.7 Å². The van der Waals surface area contributed by atoms with E-state index in [2.05, 4.69) is 53.9 Å². The second-order valence-electron chi connectivity index (χ2n) is 8.90. The van der Waals surface area contributed by atoms with E-state index in [1.165, 1.54) is 30.4 Å². The summed E-state index contributed by atoms with van der Waals surface area (Å²) in [5.74, 6) is 2.43. The van der Waals surface area contributed by atoms with Gasteiger partial charge in [-0.1, -0.05) is 54.6 Å². The van der Waals surface area contributed by atoms with Crippen molar-refractivity contribution in [2.75, 3.05) is 6.73 Å². The van der Waals surface area contributed by atoms with Crippen molar-refractivity contribution in [3.05, 3.63) is 66.7 Å². The first-order valence-corrected chi connectivity index (χ1v) is 11.6. The SMILES string of the molecule is O=C(O)CCC/C=C/CC1C2CCC(C2)C1NCOc1ccc(-c2ccccc2)cc1. The number of unbranched alkanes of at least 4 members (excludes halogenated alkanes) is 1. The fourth-order valence-corrected chi connectivity index (χ4v) is 5.41. The second-order valence-corrected chi connectivity index (χ2v) is 8.90. The third-order valence-electron chi connectivity index (χ3n) is 6.94. The number of carboxylic acids is 1. The molecule has 4 atom stereocenters. The molecule has 4 unspecified atom stereocenters. The summed E-state index contributed by atoms with van der Waals surface area (Å²) in [6, 6.07) is 19.2. The van der Waals surface area contributed by atoms with Crippen molar-refractivity contribution >= 4 is 5.97 Å². The van der Waals surface area contributed by atoms with Crippen LogP contribution < -0.4 is 10.1 Å². The molecule has 0 saturated heterocycles. The zero-order valence-electron chi connectivity index (χ0n) is 18.1. The molecule has 2 fully saturated rings. The van der Waals surface area contributed by atoms with Crippen LogP contribution in [0.5, 0.6) is 5.75 Å². The molecule has 0 radical (unpaired) electrons. The fourth-order valence-electron chi connectivity index (χ4n) is 5.41. The molecule has 2 aliphatic rings. The number of aliphatic carboxylic acids is 1. The first-order chi connectivity index (χ1) is 15.2. The van der Waals surface area contributed by atoms with Crippen molar-refractivity contribution in [1.29, 1.82) is 0 Å². The van der Waals surface area contributed by atoms with E-state index >= 15 is 0 Å². The molecule has 2 bridgehead atoms. The van der Waals surface area contributed by atoms with Crippen LogP contribution in [0.4, 0.5) is 0 Å². The normalized spacial score (nSPS) is 24.6. The summed E-state index contributed by atoms with van der Waals surface area (Å²) in [6.45, 7) is 0.539. The minimum atomic E-state index is -0.708. The minimum Gasteiger partial charge on any atom is -0.481 e. The molecule has 164 valence electrons. The highest BCUT2D eigenvalue weighted by Gasteiger charge is 2.46. The van der Waals surface area contributed by atoms with Crippen molar-refractivity contribution in [3.63, 3.8) is 0 Å². The van der Waals surface area contributed by atoms with Gasteiger partial charge < -0.3 is 9.84 Å². The summed E-state index contributed by atoms with van der Waals surface area (Å²) in [4.78, 5) is 10.6. The van der Waals surface area contributed by atoms with Gasteiger partial charge in [0, 0.05) is 12.5 Å². The summed E-state index contributed by atoms with van der Waals surface area (Å²) in [6.07, 6.45) is 11.4. The number of nitrogens with one attached hydrogen (secondary N) is 1.